The molecule has 24 heavy (non-hydrogen) atoms. The van der Waals surface area contributed by atoms with Crippen LogP contribution in [0.5, 0.6) is 5.75 Å². The first kappa shape index (κ1) is 16.3. The summed E-state index contributed by atoms with van der Waals surface area (Å²) in [4.78, 5) is 0. The van der Waals surface area contributed by atoms with E-state index in [0.29, 0.717) is 28.9 Å². The number of aliphatic hydroxyl groups excluding tert-OH is 2. The van der Waals surface area contributed by atoms with Crippen molar-refractivity contribution in [3.63, 3.8) is 0 Å². The summed E-state index contributed by atoms with van der Waals surface area (Å²) < 4.78 is 19.5. The minimum absolute atomic E-state index is 0.280. The van der Waals surface area contributed by atoms with Crippen LogP contribution >= 0.6 is 0 Å². The second-order valence-corrected chi connectivity index (χ2v) is 8.39. The third kappa shape index (κ3) is 2.95. The molecular formula is C20H27FO3. The molecule has 4 fully saturated rings. The Morgan fingerprint density at radius 2 is 1.46 bits per heavy atom. The van der Waals surface area contributed by atoms with E-state index in [1.165, 1.54) is 50.7 Å². The van der Waals surface area contributed by atoms with Gasteiger partial charge in [0.25, 0.3) is 0 Å². The number of rotatable bonds is 6. The van der Waals surface area contributed by atoms with Crippen LogP contribution in [0.1, 0.15) is 56.1 Å². The fourth-order valence-electron chi connectivity index (χ4n) is 6.10. The maximum atomic E-state index is 13.5. The zero-order valence-corrected chi connectivity index (χ0v) is 14.1. The first-order chi connectivity index (χ1) is 11.6. The van der Waals surface area contributed by atoms with E-state index in [4.69, 9.17) is 4.74 Å². The topological polar surface area (TPSA) is 49.7 Å². The Hall–Kier alpha value is -1.13. The van der Waals surface area contributed by atoms with E-state index < -0.39 is 5.82 Å². The smallest absolute Gasteiger partial charge is 0.130 e. The van der Waals surface area contributed by atoms with Gasteiger partial charge >= 0.3 is 0 Å². The molecule has 0 atom stereocenters. The van der Waals surface area contributed by atoms with Gasteiger partial charge in [-0.1, -0.05) is 0 Å². The number of halogens is 1. The molecule has 0 radical (unpaired) electrons. The monoisotopic (exact) mass is 334 g/mol. The van der Waals surface area contributed by atoms with Crippen LogP contribution in [0.2, 0.25) is 0 Å². The summed E-state index contributed by atoms with van der Waals surface area (Å²) in [5, 5.41) is 18.9. The lowest BCUT2D eigenvalue weighted by Crippen LogP contribution is -2.46. The van der Waals surface area contributed by atoms with Gasteiger partial charge in [-0.15, -0.1) is 0 Å². The van der Waals surface area contributed by atoms with Gasteiger partial charge in [-0.2, -0.15) is 0 Å². The zero-order valence-electron chi connectivity index (χ0n) is 14.1. The van der Waals surface area contributed by atoms with Crippen LogP contribution < -0.4 is 4.74 Å². The third-order valence-corrected chi connectivity index (χ3v) is 6.59. The average Bonchev–Trinajstić information content (AvgIpc) is 2.54. The summed E-state index contributed by atoms with van der Waals surface area (Å²) in [5.74, 6) is 2.77. The molecular weight excluding hydrogens is 307 g/mol. The highest BCUT2D eigenvalue weighted by Gasteiger charge is 2.50. The molecule has 3 nitrogen and oxygen atoms in total. The molecule has 0 aliphatic heterocycles. The van der Waals surface area contributed by atoms with Crippen LogP contribution in [0.25, 0.3) is 0 Å². The fraction of sp³-hybridized carbons (Fsp3) is 0.700. The summed E-state index contributed by atoms with van der Waals surface area (Å²) in [6, 6.07) is 2.58. The summed E-state index contributed by atoms with van der Waals surface area (Å²) in [6.07, 6.45) is 9.34. The molecule has 4 heteroatoms. The Morgan fingerprint density at radius 3 is 1.92 bits per heavy atom. The van der Waals surface area contributed by atoms with Gasteiger partial charge in [0.2, 0.25) is 0 Å². The predicted molar refractivity (Wildman–Crippen MR) is 89.0 cm³/mol. The van der Waals surface area contributed by atoms with E-state index >= 15 is 0 Å². The molecule has 0 spiro atoms. The van der Waals surface area contributed by atoms with Gasteiger partial charge in [0, 0.05) is 11.1 Å². The van der Waals surface area contributed by atoms with Crippen LogP contribution in [0.15, 0.2) is 12.1 Å². The Bertz CT molecular complexity index is 553. The quantitative estimate of drug-likeness (QED) is 0.832. The molecule has 0 unspecified atom stereocenters. The van der Waals surface area contributed by atoms with E-state index in [2.05, 4.69) is 0 Å². The SMILES string of the molecule is OCc1cc(F)cc(CO)c1OCCC12CC3CC(CC(C3)C1)C2. The van der Waals surface area contributed by atoms with E-state index in [9.17, 15) is 14.6 Å². The lowest BCUT2D eigenvalue weighted by Gasteiger charge is -2.57. The molecule has 4 bridgehead atoms. The molecule has 5 rings (SSSR count). The maximum absolute atomic E-state index is 13.5. The standard InChI is InChI=1S/C20H27FO3/c21-18-6-16(11-22)19(17(7-18)12-23)24-2-1-20-8-13-3-14(9-20)5-15(4-13)10-20/h6-7,13-15,22-23H,1-5,8-12H2. The molecule has 0 heterocycles. The molecule has 4 saturated carbocycles. The lowest BCUT2D eigenvalue weighted by atomic mass is 9.49. The zero-order chi connectivity index (χ0) is 16.7. The molecule has 132 valence electrons. The van der Waals surface area contributed by atoms with Crippen molar-refractivity contribution in [2.45, 2.75) is 58.2 Å². The van der Waals surface area contributed by atoms with Crippen LogP contribution in [0.3, 0.4) is 0 Å². The van der Waals surface area contributed by atoms with Gasteiger partial charge in [0.1, 0.15) is 11.6 Å². The fourth-order valence-corrected chi connectivity index (χ4v) is 6.10. The van der Waals surface area contributed by atoms with E-state index in [1.807, 2.05) is 0 Å². The third-order valence-electron chi connectivity index (χ3n) is 6.59. The molecule has 2 N–H and O–H groups in total. The van der Waals surface area contributed by atoms with Gasteiger partial charge in [0.15, 0.2) is 0 Å². The second-order valence-electron chi connectivity index (χ2n) is 8.39. The summed E-state index contributed by atoms with van der Waals surface area (Å²) >= 11 is 0. The summed E-state index contributed by atoms with van der Waals surface area (Å²) in [5.41, 5.74) is 1.28. The van der Waals surface area contributed by atoms with Crippen LogP contribution in [0.4, 0.5) is 4.39 Å². The van der Waals surface area contributed by atoms with Crippen molar-refractivity contribution in [2.24, 2.45) is 23.2 Å². The Kier molecular flexibility index (Phi) is 4.29. The van der Waals surface area contributed by atoms with E-state index in [1.54, 1.807) is 0 Å². The van der Waals surface area contributed by atoms with E-state index in [-0.39, 0.29) is 13.2 Å². The highest BCUT2D eigenvalue weighted by Crippen LogP contribution is 2.61. The minimum Gasteiger partial charge on any atom is -0.493 e. The van der Waals surface area contributed by atoms with Gasteiger partial charge in [0.05, 0.1) is 19.8 Å². The van der Waals surface area contributed by atoms with Gasteiger partial charge in [-0.3, -0.25) is 0 Å². The van der Waals surface area contributed by atoms with Crippen molar-refractivity contribution in [3.8, 4) is 5.75 Å². The van der Waals surface area contributed by atoms with Crippen molar-refractivity contribution in [2.75, 3.05) is 6.61 Å². The normalized spacial score (nSPS) is 33.9. The predicted octanol–water partition coefficient (Wildman–Crippen LogP) is 3.80. The molecule has 1 aromatic rings. The van der Waals surface area contributed by atoms with Crippen molar-refractivity contribution < 1.29 is 19.3 Å². The van der Waals surface area contributed by atoms with Crippen molar-refractivity contribution in [3.05, 3.63) is 29.1 Å². The number of ether oxygens (including phenoxy) is 1. The summed E-state index contributed by atoms with van der Waals surface area (Å²) in [7, 11) is 0. The largest absolute Gasteiger partial charge is 0.493 e. The first-order valence-corrected chi connectivity index (χ1v) is 9.26. The van der Waals surface area contributed by atoms with Crippen LogP contribution in [-0.2, 0) is 13.2 Å². The lowest BCUT2D eigenvalue weighted by molar-refractivity contribution is -0.0624. The molecule has 0 aromatic heterocycles. The Morgan fingerprint density at radius 1 is 0.958 bits per heavy atom. The Balaban J connectivity index is 1.45. The first-order valence-electron chi connectivity index (χ1n) is 9.26. The van der Waals surface area contributed by atoms with Crippen molar-refractivity contribution in [1.29, 1.82) is 0 Å². The molecule has 0 amide bonds. The number of hydrogen-bond donors (Lipinski definition) is 2. The van der Waals surface area contributed by atoms with Gasteiger partial charge in [-0.05, 0) is 80.2 Å². The van der Waals surface area contributed by atoms with Crippen molar-refractivity contribution in [1.82, 2.24) is 0 Å². The Labute approximate surface area is 142 Å². The van der Waals surface area contributed by atoms with Crippen LogP contribution in [0, 0.1) is 29.0 Å². The molecule has 4 aliphatic carbocycles. The number of benzene rings is 1. The van der Waals surface area contributed by atoms with Crippen molar-refractivity contribution >= 4 is 0 Å². The molecule has 4 aliphatic rings. The second kappa shape index (κ2) is 6.30. The average molecular weight is 334 g/mol. The van der Waals surface area contributed by atoms with Crippen LogP contribution in [-0.4, -0.2) is 16.8 Å². The molecule has 1 aromatic carbocycles. The van der Waals surface area contributed by atoms with E-state index in [0.717, 1.165) is 24.2 Å². The minimum atomic E-state index is -0.448. The maximum Gasteiger partial charge on any atom is 0.130 e. The highest BCUT2D eigenvalue weighted by molar-refractivity contribution is 5.41. The van der Waals surface area contributed by atoms with Gasteiger partial charge in [-0.25, -0.2) is 4.39 Å². The number of hydrogen-bond acceptors (Lipinski definition) is 3. The van der Waals surface area contributed by atoms with Gasteiger partial charge < -0.3 is 14.9 Å². The molecule has 0 saturated heterocycles. The number of aliphatic hydroxyl groups is 2. The highest BCUT2D eigenvalue weighted by atomic mass is 19.1. The summed E-state index contributed by atoms with van der Waals surface area (Å²) in [6.45, 7) is 0.0205.